The van der Waals surface area contributed by atoms with Crippen molar-refractivity contribution in [3.05, 3.63) is 77.5 Å². The molecular formula is C16H14F2O3S. The molecular weight excluding hydrogens is 310 g/mol. The fourth-order valence-electron chi connectivity index (χ4n) is 2.22. The summed E-state index contributed by atoms with van der Waals surface area (Å²) in [5.41, 5.74) is 0.934. The van der Waals surface area contributed by atoms with Crippen LogP contribution in [0.15, 0.2) is 48.5 Å². The predicted octanol–water partition coefficient (Wildman–Crippen LogP) is 4.08. The molecule has 1 atom stereocenters. The molecule has 0 aliphatic rings. The Kier molecular flexibility index (Phi) is 4.83. The van der Waals surface area contributed by atoms with E-state index in [9.17, 15) is 18.1 Å². The van der Waals surface area contributed by atoms with Crippen molar-refractivity contribution in [2.75, 3.05) is 5.75 Å². The number of benzene rings is 2. The second kappa shape index (κ2) is 6.46. The number of halogens is 2. The minimum atomic E-state index is -3.10. The van der Waals surface area contributed by atoms with E-state index in [1.54, 1.807) is 0 Å². The fraction of sp³-hybridized carbons (Fsp3) is 0.125. The van der Waals surface area contributed by atoms with Gasteiger partial charge in [0.15, 0.2) is 0 Å². The summed E-state index contributed by atoms with van der Waals surface area (Å²) in [6.45, 7) is 0. The van der Waals surface area contributed by atoms with E-state index in [4.69, 9.17) is 11.4 Å². The molecule has 3 nitrogen and oxygen atoms in total. The third-order valence-electron chi connectivity index (χ3n) is 3.11. The molecule has 0 amide bonds. The summed E-state index contributed by atoms with van der Waals surface area (Å²) in [4.78, 5) is 11.0. The summed E-state index contributed by atoms with van der Waals surface area (Å²) in [5, 5.41) is 8.08. The first-order valence-electron chi connectivity index (χ1n) is 6.32. The van der Waals surface area contributed by atoms with Crippen molar-refractivity contribution < 1.29 is 23.2 Å². The van der Waals surface area contributed by atoms with Gasteiger partial charge in [-0.1, -0.05) is 24.3 Å². The summed E-state index contributed by atoms with van der Waals surface area (Å²) in [6.07, 6.45) is 5.87. The number of carboxylic acids is 1. The molecule has 22 heavy (non-hydrogen) atoms. The molecule has 2 rings (SSSR count). The second-order valence-corrected chi connectivity index (χ2v) is 7.21. The summed E-state index contributed by atoms with van der Waals surface area (Å²) in [5.74, 6) is -2.80. The zero-order valence-corrected chi connectivity index (χ0v) is 12.3. The van der Waals surface area contributed by atoms with Gasteiger partial charge in [0, 0.05) is 6.26 Å². The van der Waals surface area contributed by atoms with Crippen LogP contribution in [0.1, 0.15) is 16.4 Å². The Morgan fingerprint density at radius 2 is 1.36 bits per heavy atom. The Balaban J connectivity index is 2.51. The van der Waals surface area contributed by atoms with Crippen LogP contribution in [0.4, 0.5) is 8.78 Å². The topological polar surface area (TPSA) is 57.5 Å². The molecule has 116 valence electrons. The highest BCUT2D eigenvalue weighted by Crippen LogP contribution is 2.58. The van der Waals surface area contributed by atoms with Crippen molar-refractivity contribution >= 4 is 16.3 Å². The maximum Gasteiger partial charge on any atom is 0.314 e. The normalized spacial score (nSPS) is 15.3. The second-order valence-electron chi connectivity index (χ2n) is 4.83. The third-order valence-corrected chi connectivity index (χ3v) is 5.18. The van der Waals surface area contributed by atoms with Crippen LogP contribution in [-0.2, 0) is 4.79 Å². The molecule has 2 N–H and O–H groups in total. The Labute approximate surface area is 128 Å². The highest BCUT2D eigenvalue weighted by molar-refractivity contribution is 8.30. The smallest absolute Gasteiger partial charge is 0.314 e. The molecule has 0 saturated carbocycles. The number of aliphatic carboxylic acids is 1. The molecule has 0 aromatic heterocycles. The summed E-state index contributed by atoms with van der Waals surface area (Å²) in [6, 6.07) is 10.5. The molecule has 1 unspecified atom stereocenters. The zero-order valence-electron chi connectivity index (χ0n) is 11.4. The van der Waals surface area contributed by atoms with Crippen LogP contribution in [0, 0.1) is 17.9 Å². The minimum absolute atomic E-state index is 0.463. The van der Waals surface area contributed by atoms with Crippen molar-refractivity contribution in [3.8, 4) is 0 Å². The van der Waals surface area contributed by atoms with E-state index >= 15 is 0 Å². The largest absolute Gasteiger partial charge is 0.481 e. The van der Waals surface area contributed by atoms with Crippen molar-refractivity contribution in [1.82, 2.24) is 0 Å². The lowest BCUT2D eigenvalue weighted by Gasteiger charge is -2.36. The first-order chi connectivity index (χ1) is 10.3. The molecule has 0 aliphatic carbocycles. The lowest BCUT2D eigenvalue weighted by Crippen LogP contribution is -2.18. The monoisotopic (exact) mass is 324 g/mol. The van der Waals surface area contributed by atoms with Gasteiger partial charge in [-0.05, 0) is 35.4 Å². The number of rotatable bonds is 5. The van der Waals surface area contributed by atoms with Gasteiger partial charge in [-0.15, -0.1) is 10.3 Å². The van der Waals surface area contributed by atoms with Gasteiger partial charge >= 0.3 is 5.97 Å². The Morgan fingerprint density at radius 3 is 1.68 bits per heavy atom. The summed E-state index contributed by atoms with van der Waals surface area (Å²) in [7, 11) is -3.10. The Morgan fingerprint density at radius 1 is 1.00 bits per heavy atom. The number of hydrogen-bond acceptors (Lipinski definition) is 2. The highest BCUT2D eigenvalue weighted by Gasteiger charge is 2.32. The van der Waals surface area contributed by atoms with E-state index in [0.29, 0.717) is 11.1 Å². The molecule has 0 saturated heterocycles. The Hall–Kier alpha value is -1.92. The van der Waals surface area contributed by atoms with Crippen LogP contribution in [0.2, 0.25) is 0 Å². The van der Waals surface area contributed by atoms with Gasteiger partial charge in [0.25, 0.3) is 0 Å². The van der Waals surface area contributed by atoms with Gasteiger partial charge in [-0.3, -0.25) is 4.79 Å². The minimum Gasteiger partial charge on any atom is -0.481 e. The predicted molar refractivity (Wildman–Crippen MR) is 81.7 cm³/mol. The van der Waals surface area contributed by atoms with E-state index in [1.165, 1.54) is 48.5 Å². The quantitative estimate of drug-likeness (QED) is 0.871. The number of carbonyl (C=O) groups is 1. The fourth-order valence-corrected chi connectivity index (χ4v) is 4.04. The van der Waals surface area contributed by atoms with E-state index < -0.39 is 38.9 Å². The van der Waals surface area contributed by atoms with E-state index in [1.807, 2.05) is 0 Å². The maximum atomic E-state index is 13.1. The summed E-state index contributed by atoms with van der Waals surface area (Å²) >= 11 is 0. The maximum absolute atomic E-state index is 13.1. The van der Waals surface area contributed by atoms with Gasteiger partial charge in [-0.2, -0.15) is 0 Å². The van der Waals surface area contributed by atoms with Gasteiger partial charge < -0.3 is 9.66 Å². The van der Waals surface area contributed by atoms with Crippen molar-refractivity contribution in [2.45, 2.75) is 5.25 Å². The van der Waals surface area contributed by atoms with Crippen LogP contribution in [0.3, 0.4) is 0 Å². The SMILES string of the molecule is [CH]S(O)(CC(=O)O)C(c1ccc(F)cc1)c1ccc(F)cc1. The van der Waals surface area contributed by atoms with Crippen LogP contribution >= 0.6 is 10.3 Å². The summed E-state index contributed by atoms with van der Waals surface area (Å²) < 4.78 is 36.6. The van der Waals surface area contributed by atoms with Gasteiger partial charge in [0.1, 0.15) is 11.6 Å². The first kappa shape index (κ1) is 16.5. The third kappa shape index (κ3) is 3.84. The molecule has 0 fully saturated rings. The van der Waals surface area contributed by atoms with Crippen molar-refractivity contribution in [3.63, 3.8) is 0 Å². The average molecular weight is 324 g/mol. The van der Waals surface area contributed by atoms with E-state index in [-0.39, 0.29) is 0 Å². The van der Waals surface area contributed by atoms with E-state index in [0.717, 1.165) is 0 Å². The Bertz CT molecular complexity index is 609. The molecule has 0 spiro atoms. The molecule has 0 bridgehead atoms. The van der Waals surface area contributed by atoms with Gasteiger partial charge in [0.2, 0.25) is 0 Å². The average Bonchev–Trinajstić information content (AvgIpc) is 2.42. The molecule has 2 aromatic carbocycles. The van der Waals surface area contributed by atoms with Crippen LogP contribution in [0.25, 0.3) is 0 Å². The molecule has 6 heteroatoms. The highest BCUT2D eigenvalue weighted by atomic mass is 32.3. The molecule has 0 heterocycles. The number of carboxylic acid groups (broad SMARTS) is 1. The molecule has 0 aliphatic heterocycles. The van der Waals surface area contributed by atoms with Crippen molar-refractivity contribution in [1.29, 1.82) is 0 Å². The van der Waals surface area contributed by atoms with E-state index in [2.05, 4.69) is 0 Å². The van der Waals surface area contributed by atoms with Crippen LogP contribution in [0.5, 0.6) is 0 Å². The zero-order chi connectivity index (χ0) is 16.3. The van der Waals surface area contributed by atoms with Gasteiger partial charge in [0.05, 0.1) is 11.0 Å². The first-order valence-corrected chi connectivity index (χ1v) is 8.21. The van der Waals surface area contributed by atoms with Crippen molar-refractivity contribution in [2.24, 2.45) is 0 Å². The standard InChI is InChI=1S/C16H14F2O3S/c1-22(21,10-15(19)20)16(11-2-6-13(17)7-3-11)12-4-8-14(18)9-5-12/h1-9,16,21H,10H2,(H,19,20). The lowest BCUT2D eigenvalue weighted by atomic mass is 10.0. The van der Waals surface area contributed by atoms with Crippen LogP contribution in [-0.4, -0.2) is 21.4 Å². The lowest BCUT2D eigenvalue weighted by molar-refractivity contribution is -0.134. The molecule has 2 radical (unpaired) electrons. The van der Waals surface area contributed by atoms with Crippen LogP contribution < -0.4 is 0 Å². The van der Waals surface area contributed by atoms with Gasteiger partial charge in [-0.25, -0.2) is 8.78 Å². The molecule has 2 aromatic rings. The number of hydrogen-bond donors (Lipinski definition) is 2.